The molecule has 0 amide bonds. The van der Waals surface area contributed by atoms with Gasteiger partial charge in [-0.05, 0) is 35.7 Å². The second-order valence-electron chi connectivity index (χ2n) is 8.94. The van der Waals surface area contributed by atoms with Gasteiger partial charge in [-0.15, -0.1) is 0 Å². The van der Waals surface area contributed by atoms with Crippen LogP contribution >= 0.6 is 0 Å². The van der Waals surface area contributed by atoms with E-state index in [0.717, 1.165) is 56.1 Å². The monoisotopic (exact) mass is 444 g/mol. The summed E-state index contributed by atoms with van der Waals surface area (Å²) in [6.07, 6.45) is 1.89. The summed E-state index contributed by atoms with van der Waals surface area (Å²) in [5.74, 6) is 1.60. The van der Waals surface area contributed by atoms with E-state index in [0.29, 0.717) is 5.92 Å². The number of benzene rings is 2. The van der Waals surface area contributed by atoms with Gasteiger partial charge >= 0.3 is 0 Å². The fraction of sp³-hybridized carbons (Fsp3) is 0.385. The Morgan fingerprint density at radius 2 is 1.76 bits per heavy atom. The van der Waals surface area contributed by atoms with Crippen LogP contribution in [0.5, 0.6) is 0 Å². The van der Waals surface area contributed by atoms with E-state index in [-0.39, 0.29) is 0 Å². The van der Waals surface area contributed by atoms with Crippen LogP contribution in [0.1, 0.15) is 36.6 Å². The first-order valence-corrected chi connectivity index (χ1v) is 11.7. The highest BCUT2D eigenvalue weighted by atomic mass is 16.5. The van der Waals surface area contributed by atoms with Crippen LogP contribution in [-0.2, 0) is 24.9 Å². The summed E-state index contributed by atoms with van der Waals surface area (Å²) in [5, 5.41) is 8.52. The number of nitrogens with zero attached hydrogens (tertiary/aromatic N) is 5. The van der Waals surface area contributed by atoms with E-state index < -0.39 is 0 Å². The maximum atomic E-state index is 5.56. The molecule has 4 aromatic rings. The number of hydrogen-bond donors (Lipinski definition) is 1. The number of fused-ring (bicyclic) bond motifs is 1. The molecule has 172 valence electrons. The highest BCUT2D eigenvalue weighted by Gasteiger charge is 2.24. The van der Waals surface area contributed by atoms with Crippen LogP contribution in [0.25, 0.3) is 16.7 Å². The molecule has 2 aromatic heterocycles. The average molecular weight is 445 g/mol. The normalized spacial score (nSPS) is 14.5. The molecule has 0 atom stereocenters. The second-order valence-corrected chi connectivity index (χ2v) is 8.94. The topological polar surface area (TPSA) is 60.1 Å². The van der Waals surface area contributed by atoms with Gasteiger partial charge in [0.25, 0.3) is 0 Å². The van der Waals surface area contributed by atoms with Crippen LogP contribution in [0.3, 0.4) is 0 Å². The van der Waals surface area contributed by atoms with E-state index in [1.165, 1.54) is 22.6 Å². The summed E-state index contributed by atoms with van der Waals surface area (Å²) in [5.41, 5.74) is 6.99. The Morgan fingerprint density at radius 1 is 1.00 bits per heavy atom. The molecule has 1 N–H and O–H groups in total. The van der Waals surface area contributed by atoms with Crippen LogP contribution < -0.4 is 10.2 Å². The summed E-state index contributed by atoms with van der Waals surface area (Å²) in [4.78, 5) is 6.91. The van der Waals surface area contributed by atoms with Crippen molar-refractivity contribution < 1.29 is 4.74 Å². The number of nitrogens with one attached hydrogen (secondary N) is 1. The van der Waals surface area contributed by atoms with Crippen molar-refractivity contribution in [2.75, 3.05) is 31.2 Å². The molecule has 1 aliphatic heterocycles. The second kappa shape index (κ2) is 9.37. The Hall–Kier alpha value is -3.16. The molecule has 2 aromatic carbocycles. The number of para-hydroxylation sites is 2. The lowest BCUT2D eigenvalue weighted by Gasteiger charge is -2.29. The van der Waals surface area contributed by atoms with Crippen LogP contribution in [0.4, 0.5) is 5.82 Å². The molecule has 0 bridgehead atoms. The van der Waals surface area contributed by atoms with Crippen LogP contribution in [0.15, 0.2) is 54.9 Å². The molecule has 0 aliphatic carbocycles. The van der Waals surface area contributed by atoms with Gasteiger partial charge in [-0.2, -0.15) is 5.10 Å². The van der Waals surface area contributed by atoms with E-state index in [1.54, 1.807) is 0 Å². The van der Waals surface area contributed by atoms with Gasteiger partial charge in [-0.3, -0.25) is 9.25 Å². The molecule has 0 saturated carbocycles. The molecule has 5 rings (SSSR count). The summed E-state index contributed by atoms with van der Waals surface area (Å²) in [6.45, 7) is 9.40. The molecule has 7 nitrogen and oxygen atoms in total. The maximum Gasteiger partial charge on any atom is 0.131 e. The van der Waals surface area contributed by atoms with Gasteiger partial charge in [0, 0.05) is 44.5 Å². The maximum absolute atomic E-state index is 5.56. The first kappa shape index (κ1) is 21.7. The van der Waals surface area contributed by atoms with Crippen molar-refractivity contribution in [3.8, 4) is 5.69 Å². The van der Waals surface area contributed by atoms with Crippen molar-refractivity contribution in [1.29, 1.82) is 0 Å². The van der Waals surface area contributed by atoms with E-state index in [2.05, 4.69) is 71.0 Å². The van der Waals surface area contributed by atoms with E-state index in [1.807, 2.05) is 29.2 Å². The van der Waals surface area contributed by atoms with Crippen molar-refractivity contribution in [2.45, 2.75) is 32.9 Å². The Labute approximate surface area is 195 Å². The molecule has 0 unspecified atom stereocenters. The van der Waals surface area contributed by atoms with Gasteiger partial charge in [0.05, 0.1) is 29.9 Å². The van der Waals surface area contributed by atoms with E-state index in [4.69, 9.17) is 9.84 Å². The number of hydrogen-bond acceptors (Lipinski definition) is 5. The number of morpholine rings is 1. The SMILES string of the molecule is CC(C)c1nn(C)c(N2CCOCC2)c1CNCc1ccc(-n2cnc3ccccc32)cc1. The predicted molar refractivity (Wildman–Crippen MR) is 132 cm³/mol. The minimum Gasteiger partial charge on any atom is -0.378 e. The molecular formula is C26H32N6O. The van der Waals surface area contributed by atoms with Gasteiger partial charge < -0.3 is 15.0 Å². The predicted octanol–water partition coefficient (Wildman–Crippen LogP) is 4.01. The fourth-order valence-corrected chi connectivity index (χ4v) is 4.65. The van der Waals surface area contributed by atoms with Crippen LogP contribution in [-0.4, -0.2) is 45.6 Å². The zero-order valence-corrected chi connectivity index (χ0v) is 19.7. The van der Waals surface area contributed by atoms with Crippen molar-refractivity contribution in [3.63, 3.8) is 0 Å². The third-order valence-corrected chi connectivity index (χ3v) is 6.30. The van der Waals surface area contributed by atoms with Gasteiger partial charge in [-0.1, -0.05) is 38.1 Å². The van der Waals surface area contributed by atoms with Crippen LogP contribution in [0, 0.1) is 0 Å². The molecular weight excluding hydrogens is 412 g/mol. The third kappa shape index (κ3) is 4.38. The number of imidazole rings is 1. The number of rotatable bonds is 7. The lowest BCUT2D eigenvalue weighted by atomic mass is 10.0. The van der Waals surface area contributed by atoms with Gasteiger partial charge in [0.1, 0.15) is 12.1 Å². The van der Waals surface area contributed by atoms with Crippen molar-refractivity contribution >= 4 is 16.9 Å². The Bertz CT molecular complexity index is 1220. The standard InChI is InChI=1S/C26H32N6O/c1-19(2)25-22(26(30(3)29-25)31-12-14-33-15-13-31)17-27-16-20-8-10-21(11-9-20)32-18-28-23-6-4-5-7-24(23)32/h4-11,18-19,27H,12-17H2,1-3H3. The summed E-state index contributed by atoms with van der Waals surface area (Å²) in [6, 6.07) is 16.9. The number of aromatic nitrogens is 4. The van der Waals surface area contributed by atoms with Gasteiger partial charge in [-0.25, -0.2) is 4.98 Å². The Morgan fingerprint density at radius 3 is 2.52 bits per heavy atom. The minimum atomic E-state index is 0.382. The molecule has 1 saturated heterocycles. The molecule has 3 heterocycles. The molecule has 0 radical (unpaired) electrons. The molecule has 0 spiro atoms. The number of anilines is 1. The smallest absolute Gasteiger partial charge is 0.131 e. The summed E-state index contributed by atoms with van der Waals surface area (Å²) in [7, 11) is 2.05. The highest BCUT2D eigenvalue weighted by Crippen LogP contribution is 2.29. The number of aryl methyl sites for hydroxylation is 1. The summed E-state index contributed by atoms with van der Waals surface area (Å²) < 4.78 is 9.74. The van der Waals surface area contributed by atoms with Crippen molar-refractivity contribution in [1.82, 2.24) is 24.6 Å². The zero-order chi connectivity index (χ0) is 22.8. The molecule has 33 heavy (non-hydrogen) atoms. The lowest BCUT2D eigenvalue weighted by Crippen LogP contribution is -2.38. The van der Waals surface area contributed by atoms with Crippen molar-refractivity contribution in [3.05, 3.63) is 71.7 Å². The largest absolute Gasteiger partial charge is 0.378 e. The molecule has 7 heteroatoms. The third-order valence-electron chi connectivity index (χ3n) is 6.30. The average Bonchev–Trinajstić information content (AvgIpc) is 3.41. The summed E-state index contributed by atoms with van der Waals surface area (Å²) >= 11 is 0. The molecule has 1 aliphatic rings. The first-order valence-electron chi connectivity index (χ1n) is 11.7. The number of ether oxygens (including phenoxy) is 1. The van der Waals surface area contributed by atoms with Crippen LogP contribution in [0.2, 0.25) is 0 Å². The Balaban J connectivity index is 1.29. The first-order chi connectivity index (χ1) is 16.1. The van der Waals surface area contributed by atoms with Gasteiger partial charge in [0.15, 0.2) is 0 Å². The molecule has 1 fully saturated rings. The highest BCUT2D eigenvalue weighted by molar-refractivity contribution is 5.77. The van der Waals surface area contributed by atoms with Crippen molar-refractivity contribution in [2.24, 2.45) is 7.05 Å². The quantitative estimate of drug-likeness (QED) is 0.467. The lowest BCUT2D eigenvalue weighted by molar-refractivity contribution is 0.122. The fourth-order valence-electron chi connectivity index (χ4n) is 4.65. The Kier molecular flexibility index (Phi) is 6.15. The van der Waals surface area contributed by atoms with E-state index >= 15 is 0 Å². The van der Waals surface area contributed by atoms with E-state index in [9.17, 15) is 0 Å². The minimum absolute atomic E-state index is 0.382. The zero-order valence-electron chi connectivity index (χ0n) is 19.7. The van der Waals surface area contributed by atoms with Gasteiger partial charge in [0.2, 0.25) is 0 Å².